The first-order valence-corrected chi connectivity index (χ1v) is 6.17. The number of imide groups is 1. The summed E-state index contributed by atoms with van der Waals surface area (Å²) in [6.45, 7) is 0. The van der Waals surface area contributed by atoms with Gasteiger partial charge in [-0.1, -0.05) is 6.42 Å². The average Bonchev–Trinajstić information content (AvgIpc) is 2.80. The highest BCUT2D eigenvalue weighted by atomic mass is 16.2. The predicted molar refractivity (Wildman–Crippen MR) is 68.0 cm³/mol. The number of anilines is 2. The van der Waals surface area contributed by atoms with Crippen LogP contribution in [0.5, 0.6) is 0 Å². The number of amides is 3. The van der Waals surface area contributed by atoms with Gasteiger partial charge < -0.3 is 11.1 Å². The fourth-order valence-corrected chi connectivity index (χ4v) is 2.79. The minimum atomic E-state index is -0.326. The second-order valence-electron chi connectivity index (χ2n) is 4.86. The van der Waals surface area contributed by atoms with Crippen molar-refractivity contribution in [1.82, 2.24) is 5.32 Å². The van der Waals surface area contributed by atoms with Crippen LogP contribution in [0, 0.1) is 5.92 Å². The van der Waals surface area contributed by atoms with E-state index in [4.69, 9.17) is 5.73 Å². The molecule has 2 unspecified atom stereocenters. The van der Waals surface area contributed by atoms with Crippen LogP contribution in [-0.2, 0) is 4.79 Å². The maximum Gasteiger partial charge on any atom is 0.328 e. The van der Waals surface area contributed by atoms with E-state index >= 15 is 0 Å². The molecule has 1 heterocycles. The lowest BCUT2D eigenvalue weighted by molar-refractivity contribution is -0.122. The molecule has 3 amide bonds. The Morgan fingerprint density at radius 1 is 1.17 bits per heavy atom. The number of nitrogen functional groups attached to an aromatic ring is 1. The highest BCUT2D eigenvalue weighted by molar-refractivity contribution is 6.17. The molecule has 2 aliphatic rings. The Morgan fingerprint density at radius 3 is 2.61 bits per heavy atom. The number of nitrogens with one attached hydrogen (secondary N) is 1. The molecule has 2 fully saturated rings. The maximum atomic E-state index is 12.3. The second kappa shape index (κ2) is 4.01. The molecule has 1 aliphatic heterocycles. The number of nitrogens with zero attached hydrogens (tertiary/aromatic N) is 1. The van der Waals surface area contributed by atoms with E-state index in [9.17, 15) is 9.59 Å². The Balaban J connectivity index is 1.93. The van der Waals surface area contributed by atoms with Gasteiger partial charge in [0, 0.05) is 11.7 Å². The number of carbonyl (C=O) groups excluding carboxylic acids is 2. The molecule has 1 aliphatic carbocycles. The van der Waals surface area contributed by atoms with E-state index in [0.717, 1.165) is 19.3 Å². The van der Waals surface area contributed by atoms with Crippen LogP contribution in [0.3, 0.4) is 0 Å². The molecule has 5 nitrogen and oxygen atoms in total. The SMILES string of the molecule is Nc1ccc(N2C(=O)NC3CCCC3C2=O)cc1. The average molecular weight is 245 g/mol. The van der Waals surface area contributed by atoms with E-state index in [0.29, 0.717) is 11.4 Å². The second-order valence-corrected chi connectivity index (χ2v) is 4.86. The van der Waals surface area contributed by atoms with Gasteiger partial charge in [0.2, 0.25) is 5.91 Å². The van der Waals surface area contributed by atoms with Crippen LogP contribution >= 0.6 is 0 Å². The van der Waals surface area contributed by atoms with Crippen molar-refractivity contribution in [2.24, 2.45) is 5.92 Å². The van der Waals surface area contributed by atoms with Gasteiger partial charge in [0.05, 0.1) is 11.6 Å². The Kier molecular flexibility index (Phi) is 2.47. The molecule has 2 atom stereocenters. The lowest BCUT2D eigenvalue weighted by atomic mass is 9.99. The standard InChI is InChI=1S/C13H15N3O2/c14-8-4-6-9(7-5-8)16-12(17)10-2-1-3-11(10)15-13(16)18/h4-7,10-11H,1-3,14H2,(H,15,18). The monoisotopic (exact) mass is 245 g/mol. The van der Waals surface area contributed by atoms with Crippen molar-refractivity contribution in [2.45, 2.75) is 25.3 Å². The van der Waals surface area contributed by atoms with Crippen LogP contribution in [0.25, 0.3) is 0 Å². The number of carbonyl (C=O) groups is 2. The summed E-state index contributed by atoms with van der Waals surface area (Å²) in [5.41, 5.74) is 6.80. The Labute approximate surface area is 105 Å². The largest absolute Gasteiger partial charge is 0.399 e. The van der Waals surface area contributed by atoms with E-state index < -0.39 is 0 Å². The third kappa shape index (κ3) is 1.63. The highest BCUT2D eigenvalue weighted by Crippen LogP contribution is 2.32. The molecule has 94 valence electrons. The molecule has 1 aromatic rings. The molecule has 0 spiro atoms. The summed E-state index contributed by atoms with van der Waals surface area (Å²) in [5.74, 6) is -0.161. The molecule has 0 radical (unpaired) electrons. The van der Waals surface area contributed by atoms with Crippen molar-refractivity contribution in [3.05, 3.63) is 24.3 Å². The maximum absolute atomic E-state index is 12.3. The van der Waals surface area contributed by atoms with Gasteiger partial charge in [-0.15, -0.1) is 0 Å². The quantitative estimate of drug-likeness (QED) is 0.736. The van der Waals surface area contributed by atoms with E-state index in [1.165, 1.54) is 4.90 Å². The zero-order valence-corrected chi connectivity index (χ0v) is 9.93. The molecule has 18 heavy (non-hydrogen) atoms. The van der Waals surface area contributed by atoms with E-state index in [2.05, 4.69) is 5.32 Å². The van der Waals surface area contributed by atoms with Crippen LogP contribution in [0.4, 0.5) is 16.2 Å². The van der Waals surface area contributed by atoms with Gasteiger partial charge in [-0.05, 0) is 37.1 Å². The molecular formula is C13H15N3O2. The predicted octanol–water partition coefficient (Wildman–Crippen LogP) is 1.49. The van der Waals surface area contributed by atoms with Gasteiger partial charge >= 0.3 is 6.03 Å². The van der Waals surface area contributed by atoms with Gasteiger partial charge in [-0.25, -0.2) is 9.69 Å². The molecule has 1 saturated carbocycles. The first-order valence-electron chi connectivity index (χ1n) is 6.17. The smallest absolute Gasteiger partial charge is 0.328 e. The minimum Gasteiger partial charge on any atom is -0.399 e. The number of fused-ring (bicyclic) bond motifs is 1. The summed E-state index contributed by atoms with van der Waals surface area (Å²) in [7, 11) is 0. The van der Waals surface area contributed by atoms with Crippen molar-refractivity contribution in [2.75, 3.05) is 10.6 Å². The lowest BCUT2D eigenvalue weighted by Gasteiger charge is -2.33. The van der Waals surface area contributed by atoms with Crippen molar-refractivity contribution in [1.29, 1.82) is 0 Å². The van der Waals surface area contributed by atoms with Crippen molar-refractivity contribution >= 4 is 23.3 Å². The Hall–Kier alpha value is -2.04. The molecule has 0 bridgehead atoms. The van der Waals surface area contributed by atoms with Crippen LogP contribution in [0.15, 0.2) is 24.3 Å². The minimum absolute atomic E-state index is 0.0232. The number of nitrogens with two attached hydrogens (primary N) is 1. The normalized spacial score (nSPS) is 27.0. The number of hydrogen-bond donors (Lipinski definition) is 2. The molecule has 3 rings (SSSR count). The van der Waals surface area contributed by atoms with Crippen LogP contribution in [-0.4, -0.2) is 18.0 Å². The lowest BCUT2D eigenvalue weighted by Crippen LogP contribution is -2.58. The Bertz CT molecular complexity index is 497. The third-order valence-corrected chi connectivity index (χ3v) is 3.72. The molecule has 1 saturated heterocycles. The topological polar surface area (TPSA) is 75.4 Å². The van der Waals surface area contributed by atoms with Gasteiger partial charge in [0.1, 0.15) is 0 Å². The summed E-state index contributed by atoms with van der Waals surface area (Å²) in [4.78, 5) is 25.6. The fourth-order valence-electron chi connectivity index (χ4n) is 2.79. The van der Waals surface area contributed by atoms with Crippen LogP contribution in [0.2, 0.25) is 0 Å². The van der Waals surface area contributed by atoms with Gasteiger partial charge in [0.25, 0.3) is 0 Å². The summed E-state index contributed by atoms with van der Waals surface area (Å²) >= 11 is 0. The van der Waals surface area contributed by atoms with Crippen LogP contribution < -0.4 is 16.0 Å². The van der Waals surface area contributed by atoms with Gasteiger partial charge in [-0.3, -0.25) is 4.79 Å². The third-order valence-electron chi connectivity index (χ3n) is 3.72. The number of benzene rings is 1. The summed E-state index contributed by atoms with van der Waals surface area (Å²) in [5, 5.41) is 2.91. The molecule has 3 N–H and O–H groups in total. The number of hydrogen-bond acceptors (Lipinski definition) is 3. The molecular weight excluding hydrogens is 230 g/mol. The first kappa shape index (κ1) is 11.1. The van der Waals surface area contributed by atoms with Crippen LogP contribution in [0.1, 0.15) is 19.3 Å². The first-order chi connectivity index (χ1) is 8.66. The zero-order chi connectivity index (χ0) is 12.7. The van der Waals surface area contributed by atoms with E-state index in [-0.39, 0.29) is 23.9 Å². The van der Waals surface area contributed by atoms with E-state index in [1.807, 2.05) is 0 Å². The number of urea groups is 1. The molecule has 0 aromatic heterocycles. The summed E-state index contributed by atoms with van der Waals surface area (Å²) in [6.07, 6.45) is 2.75. The molecule has 1 aromatic carbocycles. The number of rotatable bonds is 1. The summed E-state index contributed by atoms with van der Waals surface area (Å²) in [6, 6.07) is 6.47. The molecule has 5 heteroatoms. The summed E-state index contributed by atoms with van der Waals surface area (Å²) < 4.78 is 0. The fraction of sp³-hybridized carbons (Fsp3) is 0.385. The van der Waals surface area contributed by atoms with Crippen molar-refractivity contribution < 1.29 is 9.59 Å². The zero-order valence-electron chi connectivity index (χ0n) is 9.93. The van der Waals surface area contributed by atoms with Crippen molar-refractivity contribution in [3.63, 3.8) is 0 Å². The van der Waals surface area contributed by atoms with Gasteiger partial charge in [0.15, 0.2) is 0 Å². The Morgan fingerprint density at radius 2 is 1.89 bits per heavy atom. The van der Waals surface area contributed by atoms with E-state index in [1.54, 1.807) is 24.3 Å². The van der Waals surface area contributed by atoms with Crippen molar-refractivity contribution in [3.8, 4) is 0 Å². The van der Waals surface area contributed by atoms with Gasteiger partial charge in [-0.2, -0.15) is 0 Å². The highest BCUT2D eigenvalue weighted by Gasteiger charge is 2.43.